The molecule has 0 aliphatic carbocycles. The highest BCUT2D eigenvalue weighted by Crippen LogP contribution is 2.33. The van der Waals surface area contributed by atoms with Gasteiger partial charge in [0.05, 0.1) is 22.5 Å². The van der Waals surface area contributed by atoms with Gasteiger partial charge in [-0.25, -0.2) is 9.97 Å². The van der Waals surface area contributed by atoms with E-state index in [1.807, 2.05) is 39.0 Å². The lowest BCUT2D eigenvalue weighted by Gasteiger charge is -2.10. The highest BCUT2D eigenvalue weighted by Gasteiger charge is 2.20. The second-order valence-corrected chi connectivity index (χ2v) is 7.36. The maximum Gasteiger partial charge on any atom is 0.261 e. The average molecular weight is 369 g/mol. The van der Waals surface area contributed by atoms with Gasteiger partial charge in [0.1, 0.15) is 17.0 Å². The van der Waals surface area contributed by atoms with E-state index >= 15 is 0 Å². The first-order chi connectivity index (χ1) is 12.5. The molecule has 3 aromatic heterocycles. The number of aromatic nitrogens is 3. The highest BCUT2D eigenvalue weighted by atomic mass is 32.1. The third kappa shape index (κ3) is 3.83. The van der Waals surface area contributed by atoms with Crippen LogP contribution in [0.3, 0.4) is 0 Å². The Labute approximate surface area is 157 Å². The summed E-state index contributed by atoms with van der Waals surface area (Å²) in [6.07, 6.45) is 2.42. The Hall–Kier alpha value is -2.54. The van der Waals surface area contributed by atoms with Crippen molar-refractivity contribution >= 4 is 33.3 Å². The van der Waals surface area contributed by atoms with Crippen LogP contribution in [-0.4, -0.2) is 26.9 Å². The summed E-state index contributed by atoms with van der Waals surface area (Å²) < 4.78 is 0. The van der Waals surface area contributed by atoms with Crippen LogP contribution in [0.2, 0.25) is 0 Å². The topological polar surface area (TPSA) is 79.8 Å². The zero-order chi connectivity index (χ0) is 18.7. The molecule has 3 rings (SSSR count). The van der Waals surface area contributed by atoms with Gasteiger partial charge in [0.25, 0.3) is 5.91 Å². The summed E-state index contributed by atoms with van der Waals surface area (Å²) >= 11 is 1.40. The van der Waals surface area contributed by atoms with Gasteiger partial charge in [0, 0.05) is 11.7 Å². The first-order valence-corrected chi connectivity index (χ1v) is 9.52. The van der Waals surface area contributed by atoms with Crippen LogP contribution >= 0.6 is 11.3 Å². The smallest absolute Gasteiger partial charge is 0.261 e. The van der Waals surface area contributed by atoms with Crippen LogP contribution in [0.4, 0.5) is 5.82 Å². The Bertz CT molecular complexity index is 937. The number of rotatable bonds is 6. The van der Waals surface area contributed by atoms with Crippen LogP contribution in [0.25, 0.3) is 10.2 Å². The maximum absolute atomic E-state index is 12.6. The van der Waals surface area contributed by atoms with Crippen molar-refractivity contribution in [1.29, 1.82) is 0 Å². The molecule has 1 unspecified atom stereocenters. The lowest BCUT2D eigenvalue weighted by Crippen LogP contribution is -2.31. The number of hydrogen-bond donors (Lipinski definition) is 2. The maximum atomic E-state index is 12.6. The Balaban J connectivity index is 1.88. The van der Waals surface area contributed by atoms with Gasteiger partial charge in [-0.05, 0) is 44.9 Å². The minimum absolute atomic E-state index is 0.0499. The number of amides is 1. The van der Waals surface area contributed by atoms with Crippen molar-refractivity contribution < 1.29 is 4.79 Å². The molecule has 6 nitrogen and oxygen atoms in total. The molecule has 3 heterocycles. The normalized spacial score (nSPS) is 12.2. The summed E-state index contributed by atoms with van der Waals surface area (Å²) in [5, 5.41) is 7.26. The zero-order valence-corrected chi connectivity index (χ0v) is 16.3. The van der Waals surface area contributed by atoms with Gasteiger partial charge in [-0.2, -0.15) is 0 Å². The molecular weight excluding hydrogens is 346 g/mol. The molecule has 1 amide bonds. The molecule has 26 heavy (non-hydrogen) atoms. The van der Waals surface area contributed by atoms with Crippen molar-refractivity contribution in [2.24, 2.45) is 0 Å². The molecular formula is C19H23N5OS. The summed E-state index contributed by atoms with van der Waals surface area (Å²) in [5.41, 5.74) is 2.83. The number of nitrogens with zero attached hydrogens (tertiary/aromatic N) is 3. The van der Waals surface area contributed by atoms with E-state index < -0.39 is 0 Å². The fourth-order valence-corrected chi connectivity index (χ4v) is 3.74. The number of carbonyl (C=O) groups excluding carboxylic acids is 1. The first-order valence-electron chi connectivity index (χ1n) is 8.71. The third-order valence-corrected chi connectivity index (χ3v) is 5.50. The fourth-order valence-electron chi connectivity index (χ4n) is 2.69. The summed E-state index contributed by atoms with van der Waals surface area (Å²) in [5.74, 6) is 0.681. The molecule has 3 aromatic rings. The van der Waals surface area contributed by atoms with Crippen molar-refractivity contribution in [2.75, 3.05) is 5.32 Å². The molecule has 0 aliphatic heterocycles. The van der Waals surface area contributed by atoms with Crippen molar-refractivity contribution in [3.05, 3.63) is 46.4 Å². The van der Waals surface area contributed by atoms with Gasteiger partial charge in [-0.15, -0.1) is 11.3 Å². The monoisotopic (exact) mass is 369 g/mol. The van der Waals surface area contributed by atoms with Gasteiger partial charge >= 0.3 is 0 Å². The Kier molecular flexibility index (Phi) is 5.46. The molecule has 0 radical (unpaired) electrons. The van der Waals surface area contributed by atoms with E-state index in [1.54, 1.807) is 0 Å². The zero-order valence-electron chi connectivity index (χ0n) is 15.5. The second kappa shape index (κ2) is 7.78. The van der Waals surface area contributed by atoms with Gasteiger partial charge < -0.3 is 10.6 Å². The van der Waals surface area contributed by atoms with Crippen molar-refractivity contribution in [3.63, 3.8) is 0 Å². The molecule has 0 bridgehead atoms. The van der Waals surface area contributed by atoms with E-state index in [9.17, 15) is 4.79 Å². The minimum Gasteiger partial charge on any atom is -0.364 e. The lowest BCUT2D eigenvalue weighted by atomic mass is 10.2. The Morgan fingerprint density at radius 1 is 1.27 bits per heavy atom. The Morgan fingerprint density at radius 2 is 2.08 bits per heavy atom. The molecule has 2 N–H and O–H groups in total. The number of thiophene rings is 1. The summed E-state index contributed by atoms with van der Waals surface area (Å²) in [4.78, 5) is 27.3. The molecule has 0 saturated carbocycles. The van der Waals surface area contributed by atoms with E-state index in [2.05, 4.69) is 32.5 Å². The molecule has 0 spiro atoms. The first kappa shape index (κ1) is 18.3. The van der Waals surface area contributed by atoms with E-state index in [0.717, 1.165) is 39.4 Å². The van der Waals surface area contributed by atoms with Gasteiger partial charge in [0.15, 0.2) is 0 Å². The highest BCUT2D eigenvalue weighted by molar-refractivity contribution is 7.20. The Morgan fingerprint density at radius 3 is 2.81 bits per heavy atom. The standard InChI is InChI=1S/C19H23N5OS/c1-5-11(2)24-18(25)16-13(4)15-17(21-10-22-19(15)26-16)20-9-14-8-6-7-12(3)23-14/h6-8,10-11H,5,9H2,1-4H3,(H,24,25)(H,20,21,22). The number of hydrogen-bond acceptors (Lipinski definition) is 6. The SMILES string of the molecule is CCC(C)NC(=O)c1sc2ncnc(NCc3cccc(C)n3)c2c1C. The molecule has 136 valence electrons. The van der Waals surface area contributed by atoms with Crippen LogP contribution in [-0.2, 0) is 6.54 Å². The van der Waals surface area contributed by atoms with E-state index in [0.29, 0.717) is 11.4 Å². The summed E-state index contributed by atoms with van der Waals surface area (Å²) in [6.45, 7) is 8.54. The third-order valence-electron chi connectivity index (χ3n) is 4.31. The number of fused-ring (bicyclic) bond motifs is 1. The lowest BCUT2D eigenvalue weighted by molar-refractivity contribution is 0.0943. The molecule has 0 saturated heterocycles. The number of aryl methyl sites for hydroxylation is 2. The van der Waals surface area contributed by atoms with Crippen LogP contribution in [0, 0.1) is 13.8 Å². The van der Waals surface area contributed by atoms with E-state index in [1.165, 1.54) is 17.7 Å². The summed E-state index contributed by atoms with van der Waals surface area (Å²) in [7, 11) is 0. The number of carbonyl (C=O) groups is 1. The molecule has 0 aliphatic rings. The predicted octanol–water partition coefficient (Wildman–Crippen LogP) is 3.84. The predicted molar refractivity (Wildman–Crippen MR) is 106 cm³/mol. The van der Waals surface area contributed by atoms with E-state index in [-0.39, 0.29) is 11.9 Å². The van der Waals surface area contributed by atoms with Gasteiger partial charge in [0.2, 0.25) is 0 Å². The second-order valence-electron chi connectivity index (χ2n) is 6.37. The van der Waals surface area contributed by atoms with E-state index in [4.69, 9.17) is 0 Å². The molecule has 0 aromatic carbocycles. The van der Waals surface area contributed by atoms with Crippen LogP contribution in [0.15, 0.2) is 24.5 Å². The molecule has 1 atom stereocenters. The van der Waals surface area contributed by atoms with Crippen molar-refractivity contribution in [3.8, 4) is 0 Å². The van der Waals surface area contributed by atoms with Gasteiger partial charge in [-0.1, -0.05) is 13.0 Å². The van der Waals surface area contributed by atoms with Crippen LogP contribution in [0.1, 0.15) is 46.9 Å². The van der Waals surface area contributed by atoms with Crippen LogP contribution in [0.5, 0.6) is 0 Å². The quantitative estimate of drug-likeness (QED) is 0.690. The number of pyridine rings is 1. The summed E-state index contributed by atoms with van der Waals surface area (Å²) in [6, 6.07) is 6.08. The van der Waals surface area contributed by atoms with Crippen molar-refractivity contribution in [2.45, 2.75) is 46.7 Å². The van der Waals surface area contributed by atoms with Gasteiger partial charge in [-0.3, -0.25) is 9.78 Å². The fraction of sp³-hybridized carbons (Fsp3) is 0.368. The molecule has 0 fully saturated rings. The average Bonchev–Trinajstić information content (AvgIpc) is 2.97. The van der Waals surface area contributed by atoms with Crippen LogP contribution < -0.4 is 10.6 Å². The van der Waals surface area contributed by atoms with Crippen molar-refractivity contribution in [1.82, 2.24) is 20.3 Å². The number of nitrogens with one attached hydrogen (secondary N) is 2. The number of anilines is 1. The largest absolute Gasteiger partial charge is 0.364 e. The molecule has 7 heteroatoms. The minimum atomic E-state index is -0.0499.